The van der Waals surface area contributed by atoms with Crippen LogP contribution < -0.4 is 10.1 Å². The van der Waals surface area contributed by atoms with E-state index in [2.05, 4.69) is 20.6 Å². The second-order valence-corrected chi connectivity index (χ2v) is 7.39. The van der Waals surface area contributed by atoms with Gasteiger partial charge < -0.3 is 10.1 Å². The van der Waals surface area contributed by atoms with Crippen molar-refractivity contribution in [3.8, 4) is 11.6 Å². The summed E-state index contributed by atoms with van der Waals surface area (Å²) in [5, 5.41) is 21.8. The number of nitro benzene ring substituents is 1. The molecule has 10 nitrogen and oxygen atoms in total. The summed E-state index contributed by atoms with van der Waals surface area (Å²) in [4.78, 5) is 27.6. The average molecular weight is 422 g/mol. The third kappa shape index (κ3) is 4.52. The fraction of sp³-hybridized carbons (Fsp3) is 0.333. The maximum Gasteiger partial charge on any atom is 0.274 e. The van der Waals surface area contributed by atoms with Crippen LogP contribution in [0.25, 0.3) is 5.69 Å². The maximum absolute atomic E-state index is 12.7. The third-order valence-corrected chi connectivity index (χ3v) is 5.26. The van der Waals surface area contributed by atoms with Crippen molar-refractivity contribution in [3.05, 3.63) is 69.7 Å². The first-order valence-corrected chi connectivity index (χ1v) is 10.1. The molecule has 1 aliphatic rings. The number of pyridine rings is 1. The lowest BCUT2D eigenvalue weighted by molar-refractivity contribution is -0.384. The van der Waals surface area contributed by atoms with E-state index in [1.54, 1.807) is 31.3 Å². The van der Waals surface area contributed by atoms with Gasteiger partial charge in [-0.25, -0.2) is 9.67 Å². The van der Waals surface area contributed by atoms with E-state index in [1.807, 2.05) is 6.07 Å². The Kier molecular flexibility index (Phi) is 5.87. The van der Waals surface area contributed by atoms with Gasteiger partial charge in [-0.1, -0.05) is 17.3 Å². The molecule has 1 N–H and O–H groups in total. The summed E-state index contributed by atoms with van der Waals surface area (Å²) in [5.74, 6) is 0.136. The van der Waals surface area contributed by atoms with Gasteiger partial charge in [0.1, 0.15) is 6.10 Å². The van der Waals surface area contributed by atoms with Crippen LogP contribution in [0, 0.1) is 17.0 Å². The number of carbonyl (C=O) groups excluding carboxylic acids is 1. The Hall–Kier alpha value is -3.82. The first-order chi connectivity index (χ1) is 15.0. The third-order valence-electron chi connectivity index (χ3n) is 5.26. The van der Waals surface area contributed by atoms with Gasteiger partial charge in [0.2, 0.25) is 5.88 Å². The Morgan fingerprint density at radius 1 is 1.29 bits per heavy atom. The van der Waals surface area contributed by atoms with Crippen LogP contribution in [0.2, 0.25) is 0 Å². The molecule has 0 atom stereocenters. The highest BCUT2D eigenvalue weighted by Gasteiger charge is 2.21. The van der Waals surface area contributed by atoms with Gasteiger partial charge in [-0.3, -0.25) is 14.9 Å². The van der Waals surface area contributed by atoms with Crippen molar-refractivity contribution in [2.24, 2.45) is 0 Å². The van der Waals surface area contributed by atoms with Crippen LogP contribution in [0.3, 0.4) is 0 Å². The summed E-state index contributed by atoms with van der Waals surface area (Å²) in [6.07, 6.45) is 6.18. The van der Waals surface area contributed by atoms with Gasteiger partial charge >= 0.3 is 0 Å². The molecule has 1 amide bonds. The van der Waals surface area contributed by atoms with Gasteiger partial charge in [0.05, 0.1) is 16.3 Å². The number of rotatable bonds is 7. The number of ether oxygens (including phenoxy) is 1. The molecule has 0 saturated heterocycles. The second-order valence-electron chi connectivity index (χ2n) is 7.39. The Morgan fingerprint density at radius 2 is 2.10 bits per heavy atom. The normalized spacial score (nSPS) is 13.8. The average Bonchev–Trinajstić information content (AvgIpc) is 3.42. The van der Waals surface area contributed by atoms with Crippen molar-refractivity contribution in [2.75, 3.05) is 0 Å². The minimum absolute atomic E-state index is 0.0650. The van der Waals surface area contributed by atoms with Crippen LogP contribution in [0.1, 0.15) is 47.4 Å². The van der Waals surface area contributed by atoms with E-state index in [-0.39, 0.29) is 24.0 Å². The molecule has 0 radical (unpaired) electrons. The molecule has 10 heteroatoms. The minimum Gasteiger partial charge on any atom is -0.474 e. The summed E-state index contributed by atoms with van der Waals surface area (Å²) in [5.41, 5.74) is 1.80. The Bertz CT molecular complexity index is 1110. The van der Waals surface area contributed by atoms with Crippen molar-refractivity contribution < 1.29 is 14.5 Å². The lowest BCUT2D eigenvalue weighted by Crippen LogP contribution is -2.25. The molecular formula is C21H22N6O4. The van der Waals surface area contributed by atoms with Crippen LogP contribution in [0.15, 0.2) is 42.6 Å². The number of amides is 1. The second kappa shape index (κ2) is 8.90. The first kappa shape index (κ1) is 20.5. The molecule has 4 rings (SSSR count). The SMILES string of the molecule is Cc1c(C(=O)NCc2cccnc2OC2CCCC2)nnn1-c1cccc([N+](=O)[O-])c1. The fourth-order valence-electron chi connectivity index (χ4n) is 3.61. The van der Waals surface area contributed by atoms with E-state index in [9.17, 15) is 14.9 Å². The molecule has 1 aliphatic carbocycles. The summed E-state index contributed by atoms with van der Waals surface area (Å²) in [7, 11) is 0. The van der Waals surface area contributed by atoms with E-state index in [0.29, 0.717) is 17.3 Å². The van der Waals surface area contributed by atoms with Gasteiger partial charge in [0, 0.05) is 30.4 Å². The maximum atomic E-state index is 12.7. The Morgan fingerprint density at radius 3 is 2.87 bits per heavy atom. The van der Waals surface area contributed by atoms with Crippen LogP contribution >= 0.6 is 0 Å². The van der Waals surface area contributed by atoms with Gasteiger partial charge in [-0.05, 0) is 44.7 Å². The molecule has 1 aromatic carbocycles. The van der Waals surface area contributed by atoms with Gasteiger partial charge in [-0.15, -0.1) is 5.10 Å². The zero-order valence-corrected chi connectivity index (χ0v) is 17.0. The van der Waals surface area contributed by atoms with E-state index in [0.717, 1.165) is 31.2 Å². The summed E-state index contributed by atoms with van der Waals surface area (Å²) >= 11 is 0. The monoisotopic (exact) mass is 422 g/mol. The Balaban J connectivity index is 1.47. The van der Waals surface area contributed by atoms with Crippen LogP contribution in [-0.2, 0) is 6.54 Å². The summed E-state index contributed by atoms with van der Waals surface area (Å²) in [6.45, 7) is 1.92. The molecule has 2 aromatic heterocycles. The van der Waals surface area contributed by atoms with Crippen molar-refractivity contribution in [1.29, 1.82) is 0 Å². The highest BCUT2D eigenvalue weighted by atomic mass is 16.6. The molecule has 160 valence electrons. The molecule has 0 unspecified atom stereocenters. The fourth-order valence-corrected chi connectivity index (χ4v) is 3.61. The van der Waals surface area contributed by atoms with Crippen molar-refractivity contribution >= 4 is 11.6 Å². The van der Waals surface area contributed by atoms with Crippen LogP contribution in [0.5, 0.6) is 5.88 Å². The number of nitro groups is 1. The molecule has 31 heavy (non-hydrogen) atoms. The first-order valence-electron chi connectivity index (χ1n) is 10.1. The van der Waals surface area contributed by atoms with Crippen molar-refractivity contribution in [3.63, 3.8) is 0 Å². The quantitative estimate of drug-likeness (QED) is 0.458. The lowest BCUT2D eigenvalue weighted by Gasteiger charge is -2.15. The van der Waals surface area contributed by atoms with Gasteiger partial charge in [0.15, 0.2) is 5.69 Å². The van der Waals surface area contributed by atoms with Gasteiger partial charge in [0.25, 0.3) is 11.6 Å². The number of hydrogen-bond donors (Lipinski definition) is 1. The largest absolute Gasteiger partial charge is 0.474 e. The topological polar surface area (TPSA) is 125 Å². The van der Waals surface area contributed by atoms with E-state index in [4.69, 9.17) is 4.74 Å². The molecule has 3 aromatic rings. The van der Waals surface area contributed by atoms with Crippen LogP contribution in [-0.4, -0.2) is 36.9 Å². The predicted octanol–water partition coefficient (Wildman–Crippen LogP) is 3.13. The molecule has 0 bridgehead atoms. The standard InChI is InChI=1S/C21H22N6O4/c1-14-19(24-25-26(14)16-7-4-8-17(12-16)27(29)30)20(28)23-13-15-6-5-11-22-21(15)31-18-9-2-3-10-18/h4-8,11-12,18H,2-3,9-10,13H2,1H3,(H,23,28). The van der Waals surface area contributed by atoms with Crippen molar-refractivity contribution in [2.45, 2.75) is 45.3 Å². The zero-order valence-electron chi connectivity index (χ0n) is 17.0. The molecule has 1 fully saturated rings. The molecule has 0 spiro atoms. The van der Waals surface area contributed by atoms with E-state index in [1.165, 1.54) is 16.8 Å². The number of nitrogens with one attached hydrogen (secondary N) is 1. The minimum atomic E-state index is -0.484. The number of non-ortho nitro benzene ring substituents is 1. The number of nitrogens with zero attached hydrogens (tertiary/aromatic N) is 5. The van der Waals surface area contributed by atoms with Gasteiger partial charge in [-0.2, -0.15) is 0 Å². The van der Waals surface area contributed by atoms with E-state index < -0.39 is 10.8 Å². The highest BCUT2D eigenvalue weighted by molar-refractivity contribution is 5.93. The molecule has 2 heterocycles. The van der Waals surface area contributed by atoms with Crippen molar-refractivity contribution in [1.82, 2.24) is 25.3 Å². The number of benzene rings is 1. The molecular weight excluding hydrogens is 400 g/mol. The highest BCUT2D eigenvalue weighted by Crippen LogP contribution is 2.25. The van der Waals surface area contributed by atoms with Crippen LogP contribution in [0.4, 0.5) is 5.69 Å². The van der Waals surface area contributed by atoms with E-state index >= 15 is 0 Å². The molecule has 1 saturated carbocycles. The summed E-state index contributed by atoms with van der Waals surface area (Å²) in [6, 6.07) is 9.66. The number of aromatic nitrogens is 4. The number of carbonyl (C=O) groups is 1. The zero-order chi connectivity index (χ0) is 21.8. The predicted molar refractivity (Wildman–Crippen MR) is 111 cm³/mol. The molecule has 0 aliphatic heterocycles. The lowest BCUT2D eigenvalue weighted by atomic mass is 10.2. The number of hydrogen-bond acceptors (Lipinski definition) is 7. The smallest absolute Gasteiger partial charge is 0.274 e. The summed E-state index contributed by atoms with van der Waals surface area (Å²) < 4.78 is 7.41. The Labute approximate surface area is 178 Å².